The first-order chi connectivity index (χ1) is 13.6. The first-order valence-corrected chi connectivity index (χ1v) is 10.4. The van der Waals surface area contributed by atoms with Gasteiger partial charge in [-0.25, -0.2) is 14.8 Å². The van der Waals surface area contributed by atoms with Crippen LogP contribution < -0.4 is 5.32 Å². The van der Waals surface area contributed by atoms with Crippen molar-refractivity contribution in [2.24, 2.45) is 5.41 Å². The van der Waals surface area contributed by atoms with Gasteiger partial charge in [0.15, 0.2) is 0 Å². The monoisotopic (exact) mass is 404 g/mol. The van der Waals surface area contributed by atoms with Gasteiger partial charge in [-0.05, 0) is 46.1 Å². The Morgan fingerprint density at radius 1 is 1.34 bits per heavy atom. The number of amides is 2. The second-order valence-corrected chi connectivity index (χ2v) is 9.37. The summed E-state index contributed by atoms with van der Waals surface area (Å²) in [5, 5.41) is 13.7. The van der Waals surface area contributed by atoms with Crippen LogP contribution in [0.25, 0.3) is 0 Å². The van der Waals surface area contributed by atoms with E-state index in [0.29, 0.717) is 6.42 Å². The average molecular weight is 405 g/mol. The predicted octanol–water partition coefficient (Wildman–Crippen LogP) is 2.53. The maximum absolute atomic E-state index is 13.1. The number of aliphatic hydroxyl groups is 1. The zero-order valence-corrected chi connectivity index (χ0v) is 17.7. The van der Waals surface area contributed by atoms with Crippen LogP contribution in [0.1, 0.15) is 70.3 Å². The van der Waals surface area contributed by atoms with Crippen LogP contribution in [0.4, 0.5) is 4.79 Å². The van der Waals surface area contributed by atoms with E-state index in [0.717, 1.165) is 25.7 Å². The predicted molar refractivity (Wildman–Crippen MR) is 107 cm³/mol. The number of ether oxygens (including phenoxy) is 1. The summed E-state index contributed by atoms with van der Waals surface area (Å²) >= 11 is 0. The fourth-order valence-electron chi connectivity index (χ4n) is 4.63. The molecule has 2 fully saturated rings. The SMILES string of the molecule is CC(C)(C)OC(=O)N1[C@@H](CNC(=O)c2ccncn2)C[C@@]2(C)[C@@H](O)CCCC[C@@H]12. The highest BCUT2D eigenvalue weighted by Gasteiger charge is 2.55. The van der Waals surface area contributed by atoms with Crippen LogP contribution in [0, 0.1) is 5.41 Å². The molecule has 1 aliphatic carbocycles. The minimum absolute atomic E-state index is 0.115. The molecule has 0 radical (unpaired) electrons. The van der Waals surface area contributed by atoms with Crippen molar-refractivity contribution in [1.82, 2.24) is 20.2 Å². The molecular weight excluding hydrogens is 372 g/mol. The third kappa shape index (κ3) is 4.69. The van der Waals surface area contributed by atoms with Gasteiger partial charge >= 0.3 is 6.09 Å². The highest BCUT2D eigenvalue weighted by atomic mass is 16.6. The normalized spacial score (nSPS) is 29.7. The van der Waals surface area contributed by atoms with Gasteiger partial charge in [-0.15, -0.1) is 0 Å². The van der Waals surface area contributed by atoms with E-state index in [-0.39, 0.29) is 36.3 Å². The highest BCUT2D eigenvalue weighted by molar-refractivity contribution is 5.92. The van der Waals surface area contributed by atoms with E-state index in [1.54, 1.807) is 11.0 Å². The molecule has 1 saturated heterocycles. The van der Waals surface area contributed by atoms with Gasteiger partial charge in [-0.3, -0.25) is 9.69 Å². The van der Waals surface area contributed by atoms with E-state index in [1.807, 2.05) is 20.8 Å². The molecule has 0 unspecified atom stereocenters. The lowest BCUT2D eigenvalue weighted by Crippen LogP contribution is -2.50. The number of carbonyl (C=O) groups is 2. The number of aromatic nitrogens is 2. The van der Waals surface area contributed by atoms with Crippen LogP contribution in [0.2, 0.25) is 0 Å². The molecule has 1 aromatic heterocycles. The topological polar surface area (TPSA) is 105 Å². The molecule has 160 valence electrons. The third-order valence-electron chi connectivity index (χ3n) is 6.05. The summed E-state index contributed by atoms with van der Waals surface area (Å²) in [4.78, 5) is 35.1. The Kier molecular flexibility index (Phi) is 6.12. The molecular formula is C21H32N4O4. The molecule has 8 nitrogen and oxygen atoms in total. The number of rotatable bonds is 3. The Balaban J connectivity index is 1.81. The van der Waals surface area contributed by atoms with Crippen molar-refractivity contribution < 1.29 is 19.4 Å². The maximum Gasteiger partial charge on any atom is 0.410 e. The van der Waals surface area contributed by atoms with Crippen LogP contribution >= 0.6 is 0 Å². The van der Waals surface area contributed by atoms with Gasteiger partial charge in [-0.1, -0.05) is 19.8 Å². The summed E-state index contributed by atoms with van der Waals surface area (Å²) in [5.41, 5.74) is -0.756. The molecule has 1 aliphatic heterocycles. The van der Waals surface area contributed by atoms with Crippen molar-refractivity contribution in [2.75, 3.05) is 6.54 Å². The zero-order valence-electron chi connectivity index (χ0n) is 17.7. The molecule has 2 aliphatic rings. The summed E-state index contributed by atoms with van der Waals surface area (Å²) in [6.45, 7) is 7.86. The van der Waals surface area contributed by atoms with E-state index in [4.69, 9.17) is 4.74 Å². The lowest BCUT2D eigenvalue weighted by molar-refractivity contribution is -0.00901. The Labute approximate surface area is 172 Å². The largest absolute Gasteiger partial charge is 0.444 e. The second-order valence-electron chi connectivity index (χ2n) is 9.37. The summed E-state index contributed by atoms with van der Waals surface area (Å²) in [6.07, 6.45) is 6.04. The maximum atomic E-state index is 13.1. The van der Waals surface area contributed by atoms with E-state index in [2.05, 4.69) is 22.2 Å². The minimum Gasteiger partial charge on any atom is -0.444 e. The molecule has 0 bridgehead atoms. The van der Waals surface area contributed by atoms with E-state index in [1.165, 1.54) is 12.5 Å². The number of carbonyl (C=O) groups excluding carboxylic acids is 2. The molecule has 8 heteroatoms. The zero-order chi connectivity index (χ0) is 21.2. The molecule has 1 aromatic rings. The molecule has 1 saturated carbocycles. The molecule has 0 aromatic carbocycles. The Morgan fingerprint density at radius 3 is 2.72 bits per heavy atom. The quantitative estimate of drug-likeness (QED) is 0.802. The van der Waals surface area contributed by atoms with Gasteiger partial charge in [0.25, 0.3) is 5.91 Å². The van der Waals surface area contributed by atoms with E-state index in [9.17, 15) is 14.7 Å². The van der Waals surface area contributed by atoms with Crippen molar-refractivity contribution in [3.8, 4) is 0 Å². The summed E-state index contributed by atoms with van der Waals surface area (Å²) in [5.74, 6) is -0.311. The molecule has 29 heavy (non-hydrogen) atoms. The molecule has 2 N–H and O–H groups in total. The van der Waals surface area contributed by atoms with Gasteiger partial charge in [0.2, 0.25) is 0 Å². The van der Waals surface area contributed by atoms with Gasteiger partial charge in [0, 0.05) is 24.2 Å². The number of hydrogen-bond donors (Lipinski definition) is 2. The summed E-state index contributed by atoms with van der Waals surface area (Å²) in [7, 11) is 0. The first-order valence-electron chi connectivity index (χ1n) is 10.4. The number of fused-ring (bicyclic) bond motifs is 1. The highest BCUT2D eigenvalue weighted by Crippen LogP contribution is 2.48. The number of aliphatic hydroxyl groups excluding tert-OH is 1. The molecule has 3 rings (SSSR count). The van der Waals surface area contributed by atoms with Crippen molar-refractivity contribution in [3.63, 3.8) is 0 Å². The van der Waals surface area contributed by atoms with Crippen molar-refractivity contribution >= 4 is 12.0 Å². The third-order valence-corrected chi connectivity index (χ3v) is 6.05. The van der Waals surface area contributed by atoms with Crippen molar-refractivity contribution in [3.05, 3.63) is 24.3 Å². The standard InChI is InChI=1S/C21H32N4O4/c1-20(2,3)29-19(28)25-14(12-23-18(27)15-9-10-22-13-24-15)11-21(4)16(25)7-5-6-8-17(21)26/h9-10,13-14,16-17,26H,5-8,11-12H2,1-4H3,(H,23,27)/t14-,16-,17+,21-/m1/s1. The van der Waals surface area contributed by atoms with Crippen molar-refractivity contribution in [2.45, 2.75) is 83.6 Å². The van der Waals surface area contributed by atoms with Gasteiger partial charge in [0.05, 0.1) is 12.1 Å². The lowest BCUT2D eigenvalue weighted by atomic mass is 9.75. The van der Waals surface area contributed by atoms with Crippen LogP contribution in [0.5, 0.6) is 0 Å². The van der Waals surface area contributed by atoms with Crippen LogP contribution in [0.3, 0.4) is 0 Å². The average Bonchev–Trinajstić information content (AvgIpc) is 2.87. The summed E-state index contributed by atoms with van der Waals surface area (Å²) in [6, 6.07) is 1.18. The van der Waals surface area contributed by atoms with E-state index >= 15 is 0 Å². The Bertz CT molecular complexity index is 736. The number of hydrogen-bond acceptors (Lipinski definition) is 6. The molecule has 2 amide bonds. The van der Waals surface area contributed by atoms with Crippen LogP contribution in [-0.4, -0.2) is 62.3 Å². The molecule has 4 atom stereocenters. The van der Waals surface area contributed by atoms with Gasteiger partial charge < -0.3 is 15.2 Å². The van der Waals surface area contributed by atoms with Crippen LogP contribution in [0.15, 0.2) is 18.6 Å². The smallest absolute Gasteiger partial charge is 0.410 e. The molecule has 0 spiro atoms. The van der Waals surface area contributed by atoms with Gasteiger partial charge in [0.1, 0.15) is 17.6 Å². The van der Waals surface area contributed by atoms with Crippen molar-refractivity contribution in [1.29, 1.82) is 0 Å². The van der Waals surface area contributed by atoms with E-state index < -0.39 is 17.1 Å². The fourth-order valence-corrected chi connectivity index (χ4v) is 4.63. The second kappa shape index (κ2) is 8.26. The van der Waals surface area contributed by atoms with Crippen LogP contribution in [-0.2, 0) is 4.74 Å². The summed E-state index contributed by atoms with van der Waals surface area (Å²) < 4.78 is 5.69. The minimum atomic E-state index is -0.617. The van der Waals surface area contributed by atoms with Gasteiger partial charge in [-0.2, -0.15) is 0 Å². The number of likely N-dealkylation sites (tertiary alicyclic amines) is 1. The number of nitrogens with zero attached hydrogens (tertiary/aromatic N) is 3. The fraction of sp³-hybridized carbons (Fsp3) is 0.714. The Morgan fingerprint density at radius 2 is 2.07 bits per heavy atom. The lowest BCUT2D eigenvalue weighted by Gasteiger charge is -2.37. The molecule has 2 heterocycles. The number of nitrogens with one attached hydrogen (secondary N) is 1. The first kappa shape index (κ1) is 21.5. The Hall–Kier alpha value is -2.22.